The summed E-state index contributed by atoms with van der Waals surface area (Å²) in [6.07, 6.45) is 5.67. The van der Waals surface area contributed by atoms with Gasteiger partial charge in [-0.15, -0.1) is 0 Å². The van der Waals surface area contributed by atoms with Crippen molar-refractivity contribution in [1.82, 2.24) is 4.98 Å². The Morgan fingerprint density at radius 1 is 1.26 bits per heavy atom. The molecule has 0 aliphatic heterocycles. The first-order valence-electron chi connectivity index (χ1n) is 5.86. The molecule has 0 unspecified atom stereocenters. The average molecular weight is 280 g/mol. The lowest BCUT2D eigenvalue weighted by Crippen LogP contribution is -2.41. The smallest absolute Gasteiger partial charge is 0.229 e. The molecule has 6 heteroatoms. The van der Waals surface area contributed by atoms with Crippen molar-refractivity contribution in [2.75, 3.05) is 5.32 Å². The molecule has 0 bridgehead atoms. The molecule has 0 fully saturated rings. The molecular weight excluding hydrogens is 268 g/mol. The molecule has 5 nitrogen and oxygen atoms in total. The van der Waals surface area contributed by atoms with Gasteiger partial charge in [-0.05, 0) is 25.0 Å². The second-order valence-corrected chi connectivity index (χ2v) is 4.76. The zero-order chi connectivity index (χ0) is 13.8. The van der Waals surface area contributed by atoms with Gasteiger partial charge in [0.15, 0.2) is 0 Å². The van der Waals surface area contributed by atoms with Gasteiger partial charge in [-0.3, -0.25) is 4.79 Å². The van der Waals surface area contributed by atoms with Crippen LogP contribution in [0.3, 0.4) is 0 Å². The molecule has 1 aliphatic rings. The molecule has 0 saturated carbocycles. The summed E-state index contributed by atoms with van der Waals surface area (Å²) >= 11 is 5.69. The molecule has 2 rings (SSSR count). The maximum absolute atomic E-state index is 12.1. The fourth-order valence-electron chi connectivity index (χ4n) is 2.03. The van der Waals surface area contributed by atoms with Gasteiger partial charge in [-0.2, -0.15) is 0 Å². The molecule has 1 aromatic heterocycles. The van der Waals surface area contributed by atoms with E-state index in [0.717, 1.165) is 0 Å². The van der Waals surface area contributed by atoms with Crippen LogP contribution < -0.4 is 10.4 Å². The predicted molar refractivity (Wildman–Crippen MR) is 68.2 cm³/mol. The van der Waals surface area contributed by atoms with Crippen LogP contribution in [0.1, 0.15) is 12.8 Å². The lowest BCUT2D eigenvalue weighted by Gasteiger charge is -2.28. The summed E-state index contributed by atoms with van der Waals surface area (Å²) < 4.78 is 0. The minimum atomic E-state index is -1.20. The van der Waals surface area contributed by atoms with E-state index in [4.69, 9.17) is 11.6 Å². The van der Waals surface area contributed by atoms with Crippen LogP contribution in [0.15, 0.2) is 30.5 Å². The number of carboxylic acids is 1. The minimum absolute atomic E-state index is 0.314. The highest BCUT2D eigenvalue weighted by Gasteiger charge is 2.29. The first kappa shape index (κ1) is 13.5. The molecule has 0 aromatic carbocycles. The zero-order valence-electron chi connectivity index (χ0n) is 10.0. The van der Waals surface area contributed by atoms with Crippen LogP contribution in [0.4, 0.5) is 5.82 Å². The monoisotopic (exact) mass is 279 g/mol. The third-order valence-electron chi connectivity index (χ3n) is 3.05. The predicted octanol–water partition coefficient (Wildman–Crippen LogP) is 1.01. The number of allylic oxidation sites excluding steroid dienone is 2. The van der Waals surface area contributed by atoms with Gasteiger partial charge in [0.05, 0.1) is 10.9 Å². The number of anilines is 1. The van der Waals surface area contributed by atoms with E-state index in [0.29, 0.717) is 23.7 Å². The second kappa shape index (κ2) is 5.84. The number of aromatic nitrogens is 1. The highest BCUT2D eigenvalue weighted by atomic mass is 35.5. The molecule has 2 atom stereocenters. The minimum Gasteiger partial charge on any atom is -0.550 e. The third kappa shape index (κ3) is 3.32. The van der Waals surface area contributed by atoms with Gasteiger partial charge in [0, 0.05) is 18.1 Å². The summed E-state index contributed by atoms with van der Waals surface area (Å²) in [6, 6.07) is 3.16. The molecule has 0 radical (unpaired) electrons. The molecule has 0 saturated heterocycles. The highest BCUT2D eigenvalue weighted by molar-refractivity contribution is 6.30. The molecular formula is C13H12ClN2O3-. The van der Waals surface area contributed by atoms with Crippen molar-refractivity contribution in [2.24, 2.45) is 11.8 Å². The van der Waals surface area contributed by atoms with Crippen LogP contribution in [-0.2, 0) is 9.59 Å². The first-order chi connectivity index (χ1) is 9.08. The van der Waals surface area contributed by atoms with E-state index >= 15 is 0 Å². The summed E-state index contributed by atoms with van der Waals surface area (Å²) in [6.45, 7) is 0. The van der Waals surface area contributed by atoms with Crippen LogP contribution in [0.25, 0.3) is 0 Å². The molecule has 1 aromatic rings. The largest absolute Gasteiger partial charge is 0.550 e. The van der Waals surface area contributed by atoms with Crippen molar-refractivity contribution >= 4 is 29.3 Å². The number of nitrogens with zero attached hydrogens (tertiary/aromatic N) is 1. The number of aliphatic carboxylic acids is 1. The summed E-state index contributed by atoms with van der Waals surface area (Å²) in [5, 5.41) is 14.1. The Bertz CT molecular complexity index is 513. The Balaban J connectivity index is 2.08. The number of carbonyl (C=O) groups is 2. The lowest BCUT2D eigenvalue weighted by molar-refractivity contribution is -0.313. The van der Waals surface area contributed by atoms with Crippen molar-refractivity contribution in [3.8, 4) is 0 Å². The Labute approximate surface area is 115 Å². The number of hydrogen-bond donors (Lipinski definition) is 1. The number of hydrogen-bond acceptors (Lipinski definition) is 4. The number of carboxylic acid groups (broad SMARTS) is 1. The first-order valence-corrected chi connectivity index (χ1v) is 6.24. The molecule has 19 heavy (non-hydrogen) atoms. The van der Waals surface area contributed by atoms with Crippen LogP contribution in [-0.4, -0.2) is 16.9 Å². The van der Waals surface area contributed by atoms with Crippen LogP contribution >= 0.6 is 11.6 Å². The number of pyridine rings is 1. The number of amides is 1. The maximum atomic E-state index is 12.1. The van der Waals surface area contributed by atoms with Crippen molar-refractivity contribution < 1.29 is 14.7 Å². The Morgan fingerprint density at radius 3 is 2.53 bits per heavy atom. The topological polar surface area (TPSA) is 82.1 Å². The van der Waals surface area contributed by atoms with Gasteiger partial charge in [0.2, 0.25) is 5.91 Å². The maximum Gasteiger partial charge on any atom is 0.229 e. The molecule has 100 valence electrons. The summed E-state index contributed by atoms with van der Waals surface area (Å²) in [7, 11) is 0. The van der Waals surface area contributed by atoms with Gasteiger partial charge in [0.25, 0.3) is 0 Å². The fraction of sp³-hybridized carbons (Fsp3) is 0.308. The fourth-order valence-corrected chi connectivity index (χ4v) is 2.14. The van der Waals surface area contributed by atoms with E-state index in [1.54, 1.807) is 24.3 Å². The highest BCUT2D eigenvalue weighted by Crippen LogP contribution is 2.26. The lowest BCUT2D eigenvalue weighted by atomic mass is 9.82. The van der Waals surface area contributed by atoms with E-state index < -0.39 is 17.8 Å². The van der Waals surface area contributed by atoms with E-state index in [1.807, 2.05) is 0 Å². The number of rotatable bonds is 3. The SMILES string of the molecule is O=C([O-])[C@@H]1CC=CC[C@H]1C(=O)Nc1ccc(Cl)cn1. The quantitative estimate of drug-likeness (QED) is 0.837. The van der Waals surface area contributed by atoms with Gasteiger partial charge in [0.1, 0.15) is 5.82 Å². The second-order valence-electron chi connectivity index (χ2n) is 4.33. The Kier molecular flexibility index (Phi) is 4.16. The number of halogens is 1. The Morgan fingerprint density at radius 2 is 1.95 bits per heavy atom. The summed E-state index contributed by atoms with van der Waals surface area (Å²) in [5.74, 6) is -2.65. The summed E-state index contributed by atoms with van der Waals surface area (Å²) in [5.41, 5.74) is 0. The van der Waals surface area contributed by atoms with Gasteiger partial charge >= 0.3 is 0 Å². The van der Waals surface area contributed by atoms with Crippen molar-refractivity contribution in [3.63, 3.8) is 0 Å². The van der Waals surface area contributed by atoms with E-state index in [-0.39, 0.29) is 5.91 Å². The van der Waals surface area contributed by atoms with Crippen molar-refractivity contribution in [2.45, 2.75) is 12.8 Å². The molecule has 0 spiro atoms. The van der Waals surface area contributed by atoms with Crippen LogP contribution in [0.5, 0.6) is 0 Å². The van der Waals surface area contributed by atoms with E-state index in [2.05, 4.69) is 10.3 Å². The molecule has 1 N–H and O–H groups in total. The number of nitrogens with one attached hydrogen (secondary N) is 1. The zero-order valence-corrected chi connectivity index (χ0v) is 10.8. The van der Waals surface area contributed by atoms with Gasteiger partial charge in [-0.25, -0.2) is 4.98 Å². The standard InChI is InChI=1S/C13H13ClN2O3/c14-8-5-6-11(15-7-8)16-12(17)9-3-1-2-4-10(9)13(18)19/h1-2,5-7,9-10H,3-4H2,(H,18,19)(H,15,16,17)/p-1/t9-,10-/m1/s1. The summed E-state index contributed by atoms with van der Waals surface area (Å²) in [4.78, 5) is 27.0. The molecule has 1 aliphatic carbocycles. The van der Waals surface area contributed by atoms with Gasteiger partial charge in [-0.1, -0.05) is 23.8 Å². The van der Waals surface area contributed by atoms with Crippen molar-refractivity contribution in [1.29, 1.82) is 0 Å². The molecule has 1 amide bonds. The Hall–Kier alpha value is -1.88. The molecule has 1 heterocycles. The van der Waals surface area contributed by atoms with Crippen LogP contribution in [0, 0.1) is 11.8 Å². The number of carbonyl (C=O) groups excluding carboxylic acids is 2. The van der Waals surface area contributed by atoms with Gasteiger partial charge < -0.3 is 15.2 Å². The normalized spacial score (nSPS) is 21.9. The van der Waals surface area contributed by atoms with Crippen molar-refractivity contribution in [3.05, 3.63) is 35.5 Å². The average Bonchev–Trinajstić information content (AvgIpc) is 2.41. The third-order valence-corrected chi connectivity index (χ3v) is 3.27. The van der Waals surface area contributed by atoms with E-state index in [9.17, 15) is 14.7 Å². The van der Waals surface area contributed by atoms with E-state index in [1.165, 1.54) is 6.20 Å². The van der Waals surface area contributed by atoms with Crippen LogP contribution in [0.2, 0.25) is 5.02 Å².